The van der Waals surface area contributed by atoms with Crippen molar-refractivity contribution in [1.82, 2.24) is 20.4 Å². The fourth-order valence-corrected chi connectivity index (χ4v) is 5.44. The van der Waals surface area contributed by atoms with Gasteiger partial charge in [-0.2, -0.15) is 0 Å². The summed E-state index contributed by atoms with van der Waals surface area (Å²) < 4.78 is 5.15. The number of carbonyl (C=O) groups is 3. The fraction of sp³-hybridized carbons (Fsp3) is 0.640. The van der Waals surface area contributed by atoms with Gasteiger partial charge in [0.05, 0.1) is 7.11 Å². The van der Waals surface area contributed by atoms with Gasteiger partial charge in [0.15, 0.2) is 0 Å². The average Bonchev–Trinajstić information content (AvgIpc) is 3.12. The Morgan fingerprint density at radius 3 is 2.70 bits per heavy atom. The van der Waals surface area contributed by atoms with E-state index in [0.29, 0.717) is 37.9 Å². The molecule has 1 aromatic rings. The minimum Gasteiger partial charge on any atom is -0.497 e. The lowest BCUT2D eigenvalue weighted by Crippen LogP contribution is -2.51. The van der Waals surface area contributed by atoms with Crippen LogP contribution in [-0.2, 0) is 16.0 Å². The lowest BCUT2D eigenvalue weighted by atomic mass is 9.83. The lowest BCUT2D eigenvalue weighted by molar-refractivity contribution is -0.127. The molecule has 180 valence electrons. The van der Waals surface area contributed by atoms with E-state index >= 15 is 0 Å². The van der Waals surface area contributed by atoms with Gasteiger partial charge in [-0.15, -0.1) is 0 Å². The Bertz CT molecular complexity index is 841. The summed E-state index contributed by atoms with van der Waals surface area (Å²) in [6, 6.07) is 7.18. The van der Waals surface area contributed by atoms with Gasteiger partial charge in [0, 0.05) is 25.6 Å². The molecule has 3 aliphatic heterocycles. The molecule has 3 aliphatic rings. The normalized spacial score (nSPS) is 25.5. The molecule has 8 nitrogen and oxygen atoms in total. The quantitative estimate of drug-likeness (QED) is 0.557. The number of imide groups is 1. The number of nitrogens with zero attached hydrogens (tertiary/aromatic N) is 2. The molecule has 33 heavy (non-hydrogen) atoms. The van der Waals surface area contributed by atoms with Crippen molar-refractivity contribution in [3.8, 4) is 5.75 Å². The highest BCUT2D eigenvalue weighted by molar-refractivity contribution is 6.04. The summed E-state index contributed by atoms with van der Waals surface area (Å²) in [5, 5.41) is 5.83. The molecule has 2 N–H and O–H groups in total. The van der Waals surface area contributed by atoms with Crippen LogP contribution in [0, 0.1) is 5.92 Å². The highest BCUT2D eigenvalue weighted by atomic mass is 16.5. The minimum absolute atomic E-state index is 0.0401. The van der Waals surface area contributed by atoms with Crippen molar-refractivity contribution in [2.45, 2.75) is 63.5 Å². The van der Waals surface area contributed by atoms with E-state index in [-0.39, 0.29) is 24.3 Å². The molecule has 0 aromatic heterocycles. The lowest BCUT2D eigenvalue weighted by Gasteiger charge is -2.44. The van der Waals surface area contributed by atoms with Crippen LogP contribution in [0.15, 0.2) is 24.3 Å². The van der Waals surface area contributed by atoms with Gasteiger partial charge in [-0.3, -0.25) is 14.5 Å². The fourth-order valence-electron chi connectivity index (χ4n) is 5.44. The maximum atomic E-state index is 12.7. The van der Waals surface area contributed by atoms with Gasteiger partial charge in [0.25, 0.3) is 5.91 Å². The molecule has 0 unspecified atom stereocenters. The number of hydrogen-bond donors (Lipinski definition) is 2. The topological polar surface area (TPSA) is 91.0 Å². The van der Waals surface area contributed by atoms with E-state index in [9.17, 15) is 14.4 Å². The molecule has 4 amide bonds. The Morgan fingerprint density at radius 1 is 1.12 bits per heavy atom. The van der Waals surface area contributed by atoms with E-state index in [1.807, 2.05) is 24.3 Å². The standard InChI is InChI=1S/C25H36N4O4/c1-33-20-9-7-18(8-10-20)13-16-29-24(31)21(27-25(29)32)11-12-23(30)26-17-19-5-4-15-28-14-3-2-6-22(19)28/h7-10,19,21-22H,2-6,11-17H2,1H3,(H,26,30)(H,27,32)/t19-,21+,22-/m0/s1. The maximum Gasteiger partial charge on any atom is 0.324 e. The molecule has 0 radical (unpaired) electrons. The molecular formula is C25H36N4O4. The van der Waals surface area contributed by atoms with Crippen molar-refractivity contribution in [3.63, 3.8) is 0 Å². The number of carbonyl (C=O) groups excluding carboxylic acids is 3. The monoisotopic (exact) mass is 456 g/mol. The van der Waals surface area contributed by atoms with E-state index < -0.39 is 6.04 Å². The van der Waals surface area contributed by atoms with Gasteiger partial charge in [-0.1, -0.05) is 18.6 Å². The number of rotatable bonds is 9. The van der Waals surface area contributed by atoms with E-state index in [4.69, 9.17) is 4.74 Å². The second-order valence-electron chi connectivity index (χ2n) is 9.43. The predicted molar refractivity (Wildman–Crippen MR) is 125 cm³/mol. The summed E-state index contributed by atoms with van der Waals surface area (Å²) in [5.74, 6) is 1.00. The summed E-state index contributed by atoms with van der Waals surface area (Å²) in [7, 11) is 1.61. The van der Waals surface area contributed by atoms with Crippen LogP contribution in [0.3, 0.4) is 0 Å². The Kier molecular flexibility index (Phi) is 7.85. The van der Waals surface area contributed by atoms with Crippen LogP contribution in [0.4, 0.5) is 4.79 Å². The van der Waals surface area contributed by atoms with Crippen LogP contribution >= 0.6 is 0 Å². The zero-order chi connectivity index (χ0) is 23.2. The SMILES string of the molecule is COc1ccc(CCN2C(=O)N[C@H](CCC(=O)NC[C@@H]3CCCN4CCCC[C@@H]34)C2=O)cc1. The smallest absolute Gasteiger partial charge is 0.324 e. The van der Waals surface area contributed by atoms with Crippen LogP contribution in [-0.4, -0.2) is 73.0 Å². The molecule has 3 saturated heterocycles. The van der Waals surface area contributed by atoms with Crippen molar-refractivity contribution in [3.05, 3.63) is 29.8 Å². The minimum atomic E-state index is -0.623. The van der Waals surface area contributed by atoms with Crippen molar-refractivity contribution in [2.24, 2.45) is 5.92 Å². The van der Waals surface area contributed by atoms with Crippen molar-refractivity contribution >= 4 is 17.8 Å². The third-order valence-corrected chi connectivity index (χ3v) is 7.34. The first-order valence-corrected chi connectivity index (χ1v) is 12.3. The average molecular weight is 457 g/mol. The van der Waals surface area contributed by atoms with Crippen LogP contribution in [0.5, 0.6) is 5.75 Å². The van der Waals surface area contributed by atoms with Crippen molar-refractivity contribution < 1.29 is 19.1 Å². The molecule has 1 aromatic carbocycles. The van der Waals surface area contributed by atoms with Gasteiger partial charge in [0.1, 0.15) is 11.8 Å². The molecule has 0 spiro atoms. The molecule has 0 bridgehead atoms. The molecule has 0 aliphatic carbocycles. The molecule has 3 fully saturated rings. The maximum absolute atomic E-state index is 12.7. The summed E-state index contributed by atoms with van der Waals surface area (Å²) >= 11 is 0. The summed E-state index contributed by atoms with van der Waals surface area (Å²) in [5.41, 5.74) is 1.03. The second kappa shape index (κ2) is 11.0. The first-order chi connectivity index (χ1) is 16.0. The number of nitrogens with one attached hydrogen (secondary N) is 2. The van der Waals surface area contributed by atoms with Crippen molar-refractivity contribution in [1.29, 1.82) is 0 Å². The number of amides is 4. The van der Waals surface area contributed by atoms with E-state index in [0.717, 1.165) is 11.3 Å². The Labute approximate surface area is 196 Å². The molecule has 3 atom stereocenters. The first kappa shape index (κ1) is 23.5. The number of ether oxygens (including phenoxy) is 1. The summed E-state index contributed by atoms with van der Waals surface area (Å²) in [4.78, 5) is 41.3. The number of piperidine rings is 2. The zero-order valence-corrected chi connectivity index (χ0v) is 19.6. The van der Waals surface area contributed by atoms with Gasteiger partial charge in [-0.25, -0.2) is 4.79 Å². The van der Waals surface area contributed by atoms with Gasteiger partial charge >= 0.3 is 6.03 Å². The Hall–Kier alpha value is -2.61. The van der Waals surface area contributed by atoms with Crippen LogP contribution in [0.25, 0.3) is 0 Å². The summed E-state index contributed by atoms with van der Waals surface area (Å²) in [6.07, 6.45) is 7.32. The molecular weight excluding hydrogens is 420 g/mol. The number of urea groups is 1. The third-order valence-electron chi connectivity index (χ3n) is 7.34. The Balaban J connectivity index is 1.19. The van der Waals surface area contributed by atoms with Crippen LogP contribution in [0.1, 0.15) is 50.5 Å². The first-order valence-electron chi connectivity index (χ1n) is 12.3. The van der Waals surface area contributed by atoms with E-state index in [1.54, 1.807) is 7.11 Å². The van der Waals surface area contributed by atoms with E-state index in [1.165, 1.54) is 50.1 Å². The largest absolute Gasteiger partial charge is 0.497 e. The van der Waals surface area contributed by atoms with E-state index in [2.05, 4.69) is 15.5 Å². The van der Waals surface area contributed by atoms with Crippen LogP contribution in [0.2, 0.25) is 0 Å². The molecule has 8 heteroatoms. The number of fused-ring (bicyclic) bond motifs is 1. The van der Waals surface area contributed by atoms with Gasteiger partial charge in [-0.05, 0) is 75.2 Å². The van der Waals surface area contributed by atoms with Gasteiger partial charge < -0.3 is 20.3 Å². The third kappa shape index (κ3) is 5.85. The highest BCUT2D eigenvalue weighted by Gasteiger charge is 2.38. The zero-order valence-electron chi connectivity index (χ0n) is 19.6. The molecule has 4 rings (SSSR count). The molecule has 0 saturated carbocycles. The number of hydrogen-bond acceptors (Lipinski definition) is 5. The van der Waals surface area contributed by atoms with Crippen LogP contribution < -0.4 is 15.4 Å². The predicted octanol–water partition coefficient (Wildman–Crippen LogP) is 2.32. The Morgan fingerprint density at radius 2 is 1.91 bits per heavy atom. The second-order valence-corrected chi connectivity index (χ2v) is 9.43. The highest BCUT2D eigenvalue weighted by Crippen LogP contribution is 2.30. The summed E-state index contributed by atoms with van der Waals surface area (Å²) in [6.45, 7) is 3.40. The molecule has 3 heterocycles. The number of methoxy groups -OCH3 is 1. The van der Waals surface area contributed by atoms with Crippen molar-refractivity contribution in [2.75, 3.05) is 33.3 Å². The van der Waals surface area contributed by atoms with Gasteiger partial charge in [0.2, 0.25) is 5.91 Å². The number of benzene rings is 1.